The van der Waals surface area contributed by atoms with Crippen LogP contribution in [0.3, 0.4) is 0 Å². The van der Waals surface area contributed by atoms with Gasteiger partial charge in [0.15, 0.2) is 13.9 Å². The van der Waals surface area contributed by atoms with Gasteiger partial charge >= 0.3 is 0 Å². The van der Waals surface area contributed by atoms with Gasteiger partial charge in [-0.05, 0) is 67.4 Å². The Bertz CT molecular complexity index is 1850. The molecule has 3 aromatic carbocycles. The molecule has 3 amide bonds. The first-order valence-electron chi connectivity index (χ1n) is 17.8. The highest BCUT2D eigenvalue weighted by Gasteiger charge is 2.66. The molecule has 0 aliphatic carbocycles. The maximum Gasteiger partial charge on any atom is 0.264 e. The second-order valence-electron chi connectivity index (χ2n) is 14.7. The van der Waals surface area contributed by atoms with Gasteiger partial charge in [0.2, 0.25) is 11.8 Å². The van der Waals surface area contributed by atoms with E-state index in [1.54, 1.807) is 16.9 Å². The Morgan fingerprint density at radius 2 is 1.80 bits per heavy atom. The van der Waals surface area contributed by atoms with Gasteiger partial charge in [0, 0.05) is 36.4 Å². The number of hydrogen-bond donors (Lipinski definition) is 2. The van der Waals surface area contributed by atoms with Crippen LogP contribution in [0.25, 0.3) is 0 Å². The van der Waals surface area contributed by atoms with Gasteiger partial charge < -0.3 is 29.2 Å². The van der Waals surface area contributed by atoms with Crippen molar-refractivity contribution in [3.63, 3.8) is 0 Å². The first-order valence-corrected chi connectivity index (χ1v) is 20.8. The fourth-order valence-corrected chi connectivity index (χ4v) is 11.3. The zero-order chi connectivity index (χ0) is 36.1. The number of aliphatic hydroxyl groups excluding tert-OH is 1. The normalized spacial score (nSPS) is 26.2. The van der Waals surface area contributed by atoms with Crippen molar-refractivity contribution in [3.8, 4) is 5.75 Å². The number of hydrogen-bond acceptors (Lipinski definition) is 8. The van der Waals surface area contributed by atoms with Gasteiger partial charge in [-0.3, -0.25) is 14.4 Å². The number of hydrazone groups is 1. The maximum absolute atomic E-state index is 14.9. The molecule has 0 saturated carbocycles. The summed E-state index contributed by atoms with van der Waals surface area (Å²) < 4.78 is 12.5. The number of carbonyl (C=O) groups is 3. The lowest BCUT2D eigenvalue weighted by atomic mass is 9.82. The number of ether oxygens (including phenoxy) is 2. The molecule has 0 unspecified atom stereocenters. The maximum atomic E-state index is 14.9. The molecular weight excluding hydrogens is 665 g/mol. The summed E-state index contributed by atoms with van der Waals surface area (Å²) in [5.74, 6) is -0.336. The summed E-state index contributed by atoms with van der Waals surface area (Å²) in [5, 5.41) is 16.0. The molecule has 51 heavy (non-hydrogen) atoms. The van der Waals surface area contributed by atoms with E-state index in [1.807, 2.05) is 92.8 Å². The number of rotatable bonds is 9. The zero-order valence-corrected chi connectivity index (χ0v) is 30.6. The molecule has 0 aromatic heterocycles. The summed E-state index contributed by atoms with van der Waals surface area (Å²) in [4.78, 5) is 56.6. The molecule has 7 rings (SSSR count). The largest absolute Gasteiger partial charge is 0.497 e. The highest BCUT2D eigenvalue weighted by Crippen LogP contribution is 2.60. The van der Waals surface area contributed by atoms with Gasteiger partial charge in [0.05, 0.1) is 55.9 Å². The van der Waals surface area contributed by atoms with Crippen molar-refractivity contribution >= 4 is 43.1 Å². The highest BCUT2D eigenvalue weighted by molar-refractivity contribution is 6.71. The summed E-state index contributed by atoms with van der Waals surface area (Å²) >= 11 is 0. The molecular formula is C39H46N4O7Si. The van der Waals surface area contributed by atoms with E-state index in [9.17, 15) is 24.3 Å². The van der Waals surface area contributed by atoms with Gasteiger partial charge in [-0.15, -0.1) is 0 Å². The molecule has 5 atom stereocenters. The number of likely N-dealkylation sites (tertiary alicyclic amines) is 1. The standard InChI is InChI=1S/C39H46N4O7Si/c1-25-37(51(3,4)48)34(22-36(46)41-20-8-11-29(41)24-44)50-39(25)31-21-30(49-2)16-18-33(31)42(38(39)47)23-26-12-14-28(15-13-26)43-35(45)19-17-32(40-43)27-9-6-5-7-10-27/h5-7,9-10,12-16,18,21,25,29,34,37,44,48H,8,11,17,19-20,22-24H2,1-4H3/t25-,29-,34+,37-,39+/m0/s1. The molecule has 2 N–H and O–H groups in total. The lowest BCUT2D eigenvalue weighted by molar-refractivity contribution is -0.150. The highest BCUT2D eigenvalue weighted by atomic mass is 28.4. The summed E-state index contributed by atoms with van der Waals surface area (Å²) in [6.07, 6.45) is 1.83. The van der Waals surface area contributed by atoms with Crippen LogP contribution in [0.5, 0.6) is 5.75 Å². The van der Waals surface area contributed by atoms with E-state index in [2.05, 4.69) is 0 Å². The number of nitrogens with zero attached hydrogens (tertiary/aromatic N) is 4. The number of carbonyl (C=O) groups excluding carboxylic acids is 3. The summed E-state index contributed by atoms with van der Waals surface area (Å²) in [6.45, 7) is 6.34. The molecule has 268 valence electrons. The molecule has 1 spiro atoms. The van der Waals surface area contributed by atoms with E-state index in [1.165, 1.54) is 5.01 Å². The van der Waals surface area contributed by atoms with Crippen molar-refractivity contribution < 1.29 is 33.8 Å². The average molecular weight is 711 g/mol. The number of anilines is 2. The molecule has 3 aromatic rings. The SMILES string of the molecule is COc1ccc2c(c1)[C@@]1(O[C@H](CC(=O)N3CCC[C@H]3CO)[C@@H]([Si](C)(C)O)[C@@H]1C)C(=O)N2Cc1ccc(N2N=C(c3ccccc3)CCC2=O)cc1. The van der Waals surface area contributed by atoms with Crippen LogP contribution in [0.15, 0.2) is 77.9 Å². The Morgan fingerprint density at radius 1 is 1.06 bits per heavy atom. The zero-order valence-electron chi connectivity index (χ0n) is 29.6. The topological polar surface area (TPSA) is 132 Å². The first kappa shape index (κ1) is 35.1. The molecule has 2 saturated heterocycles. The van der Waals surface area contributed by atoms with E-state index in [0.29, 0.717) is 42.1 Å². The van der Waals surface area contributed by atoms with E-state index in [-0.39, 0.29) is 43.3 Å². The van der Waals surface area contributed by atoms with Gasteiger partial charge in [-0.1, -0.05) is 49.4 Å². The molecule has 12 heteroatoms. The number of aliphatic hydroxyl groups is 1. The smallest absolute Gasteiger partial charge is 0.264 e. The van der Waals surface area contributed by atoms with Crippen LogP contribution < -0.4 is 14.6 Å². The minimum absolute atomic E-state index is 0.0159. The van der Waals surface area contributed by atoms with Crippen molar-refractivity contribution in [2.45, 2.75) is 82.0 Å². The third-order valence-corrected chi connectivity index (χ3v) is 13.6. The first-order chi connectivity index (χ1) is 24.5. The molecule has 2 fully saturated rings. The summed E-state index contributed by atoms with van der Waals surface area (Å²) in [7, 11) is -1.42. The Hall–Kier alpha value is -4.36. The van der Waals surface area contributed by atoms with E-state index in [4.69, 9.17) is 14.6 Å². The van der Waals surface area contributed by atoms with Crippen LogP contribution in [-0.4, -0.2) is 79.0 Å². The number of fused-ring (bicyclic) bond motifs is 2. The molecule has 0 radical (unpaired) electrons. The number of methoxy groups -OCH3 is 1. The van der Waals surface area contributed by atoms with Crippen LogP contribution in [0, 0.1) is 5.92 Å². The van der Waals surface area contributed by atoms with Crippen LogP contribution in [0.1, 0.15) is 55.7 Å². The van der Waals surface area contributed by atoms with Gasteiger partial charge in [0.1, 0.15) is 5.75 Å². The van der Waals surface area contributed by atoms with Crippen LogP contribution in [0.4, 0.5) is 11.4 Å². The lowest BCUT2D eigenvalue weighted by Gasteiger charge is -2.33. The van der Waals surface area contributed by atoms with Gasteiger partial charge in [0.25, 0.3) is 5.91 Å². The van der Waals surface area contributed by atoms with E-state index >= 15 is 0 Å². The van der Waals surface area contributed by atoms with Crippen molar-refractivity contribution in [2.75, 3.05) is 30.2 Å². The van der Waals surface area contributed by atoms with Crippen LogP contribution >= 0.6 is 0 Å². The van der Waals surface area contributed by atoms with Crippen molar-refractivity contribution in [2.24, 2.45) is 11.0 Å². The predicted molar refractivity (Wildman–Crippen MR) is 196 cm³/mol. The second kappa shape index (κ2) is 13.6. The Morgan fingerprint density at radius 3 is 2.49 bits per heavy atom. The fourth-order valence-electron chi connectivity index (χ4n) is 8.70. The minimum atomic E-state index is -2.99. The average Bonchev–Trinajstić information content (AvgIpc) is 3.79. The summed E-state index contributed by atoms with van der Waals surface area (Å²) in [6, 6.07) is 22.6. The molecule has 4 heterocycles. The van der Waals surface area contributed by atoms with Crippen molar-refractivity contribution in [1.29, 1.82) is 0 Å². The third-order valence-electron chi connectivity index (χ3n) is 11.1. The van der Waals surface area contributed by atoms with Crippen LogP contribution in [-0.2, 0) is 31.3 Å². The Labute approximate surface area is 299 Å². The van der Waals surface area contributed by atoms with Crippen molar-refractivity contribution in [1.82, 2.24) is 4.90 Å². The lowest BCUT2D eigenvalue weighted by Crippen LogP contribution is -2.46. The minimum Gasteiger partial charge on any atom is -0.497 e. The third kappa shape index (κ3) is 6.17. The van der Waals surface area contributed by atoms with E-state index in [0.717, 1.165) is 29.7 Å². The number of amides is 3. The van der Waals surface area contributed by atoms with Gasteiger partial charge in [-0.25, -0.2) is 5.01 Å². The van der Waals surface area contributed by atoms with E-state index < -0.39 is 31.5 Å². The Kier molecular flexibility index (Phi) is 9.38. The second-order valence-corrected chi connectivity index (χ2v) is 18.7. The molecule has 0 bridgehead atoms. The molecule has 11 nitrogen and oxygen atoms in total. The monoisotopic (exact) mass is 710 g/mol. The van der Waals surface area contributed by atoms with Gasteiger partial charge in [-0.2, -0.15) is 5.10 Å². The fraction of sp³-hybridized carbons (Fsp3) is 0.436. The van der Waals surface area contributed by atoms with Crippen LogP contribution in [0.2, 0.25) is 18.6 Å². The Balaban J connectivity index is 1.19. The molecule has 4 aliphatic heterocycles. The summed E-state index contributed by atoms with van der Waals surface area (Å²) in [5.41, 5.74) is 2.82. The van der Waals surface area contributed by atoms with Crippen molar-refractivity contribution in [3.05, 3.63) is 89.5 Å². The molecule has 4 aliphatic rings. The number of benzene rings is 3. The predicted octanol–water partition coefficient (Wildman–Crippen LogP) is 4.94. The quantitative estimate of drug-likeness (QED) is 0.301.